The second-order valence-electron chi connectivity index (χ2n) is 6.27. The van der Waals surface area contributed by atoms with Gasteiger partial charge >= 0.3 is 0 Å². The third-order valence-corrected chi connectivity index (χ3v) is 5.34. The van der Waals surface area contributed by atoms with E-state index in [-0.39, 0.29) is 23.1 Å². The molecule has 0 fully saturated rings. The number of anilines is 2. The molecule has 10 heteroatoms. The zero-order valence-corrected chi connectivity index (χ0v) is 17.5. The minimum atomic E-state index is -0.692. The lowest BCUT2D eigenvalue weighted by Crippen LogP contribution is -2.14. The monoisotopic (exact) mass is 446 g/mol. The lowest BCUT2D eigenvalue weighted by molar-refractivity contribution is 0.281. The van der Waals surface area contributed by atoms with Crippen LogP contribution in [0.1, 0.15) is 10.7 Å². The first kappa shape index (κ1) is 20.3. The van der Waals surface area contributed by atoms with E-state index in [1.807, 2.05) is 12.3 Å². The van der Waals surface area contributed by atoms with Gasteiger partial charge in [-0.2, -0.15) is 0 Å². The van der Waals surface area contributed by atoms with Crippen LogP contribution in [0.4, 0.5) is 15.9 Å². The number of rotatable bonds is 6. The molecule has 0 atom stereocenters. The quantitative estimate of drug-likeness (QED) is 0.402. The fraction of sp³-hybridized carbons (Fsp3) is 0.150. The second kappa shape index (κ2) is 8.39. The molecule has 2 heterocycles. The Bertz CT molecular complexity index is 1220. The van der Waals surface area contributed by atoms with Crippen molar-refractivity contribution in [2.75, 3.05) is 12.2 Å². The number of nitrogens with zero attached hydrogens (tertiary/aromatic N) is 4. The Balaban J connectivity index is 1.72. The fourth-order valence-electron chi connectivity index (χ4n) is 2.88. The molecule has 0 bridgehead atoms. The van der Waals surface area contributed by atoms with E-state index in [0.717, 1.165) is 16.8 Å². The Morgan fingerprint density at radius 3 is 2.73 bits per heavy atom. The maximum Gasteiger partial charge on any atom is 0.169 e. The molecule has 0 aliphatic rings. The molecule has 2 aromatic heterocycles. The molecule has 0 unspecified atom stereocenters. The molecule has 0 saturated carbocycles. The van der Waals surface area contributed by atoms with E-state index in [1.165, 1.54) is 25.6 Å². The van der Waals surface area contributed by atoms with Gasteiger partial charge in [-0.25, -0.2) is 24.4 Å². The fourth-order valence-corrected chi connectivity index (χ4v) is 3.64. The largest absolute Gasteiger partial charge is 0.493 e. The van der Waals surface area contributed by atoms with Gasteiger partial charge in [0.05, 0.1) is 23.3 Å². The summed E-state index contributed by atoms with van der Waals surface area (Å²) in [5, 5.41) is 14.8. The Morgan fingerprint density at radius 2 is 2.03 bits per heavy atom. The Labute approximate surface area is 180 Å². The van der Waals surface area contributed by atoms with Crippen molar-refractivity contribution >= 4 is 45.3 Å². The minimum absolute atomic E-state index is 0.0844. The average Bonchev–Trinajstić information content (AvgIpc) is 3.15. The zero-order valence-electron chi connectivity index (χ0n) is 16.0. The maximum absolute atomic E-state index is 14.3. The number of halogens is 2. The Morgan fingerprint density at radius 1 is 1.20 bits per heavy atom. The molecular weight excluding hydrogens is 431 g/mol. The molecule has 2 aromatic carbocycles. The summed E-state index contributed by atoms with van der Waals surface area (Å²) in [5.74, 6) is 0.265. The van der Waals surface area contributed by atoms with Gasteiger partial charge in [-0.3, -0.25) is 5.21 Å². The number of ether oxygens (including phenoxy) is 2. The van der Waals surface area contributed by atoms with Gasteiger partial charge in [0.15, 0.2) is 23.1 Å². The summed E-state index contributed by atoms with van der Waals surface area (Å²) in [7, 11) is 1.50. The Hall–Kier alpha value is -3.01. The van der Waals surface area contributed by atoms with Gasteiger partial charge in [0.25, 0.3) is 0 Å². The van der Waals surface area contributed by atoms with Crippen LogP contribution in [0.5, 0.6) is 11.5 Å². The van der Waals surface area contributed by atoms with Crippen molar-refractivity contribution in [1.29, 1.82) is 0 Å². The van der Waals surface area contributed by atoms with Gasteiger partial charge in [-0.05, 0) is 31.2 Å². The summed E-state index contributed by atoms with van der Waals surface area (Å²) < 4.78 is 25.6. The van der Waals surface area contributed by atoms with E-state index in [1.54, 1.807) is 23.5 Å². The number of aromatic nitrogens is 3. The number of benzene rings is 2. The van der Waals surface area contributed by atoms with Crippen LogP contribution in [0, 0.1) is 12.7 Å². The van der Waals surface area contributed by atoms with Gasteiger partial charge in [0.1, 0.15) is 18.6 Å². The predicted octanol–water partition coefficient (Wildman–Crippen LogP) is 5.30. The van der Waals surface area contributed by atoms with Crippen molar-refractivity contribution in [3.63, 3.8) is 0 Å². The summed E-state index contributed by atoms with van der Waals surface area (Å²) >= 11 is 7.34. The molecule has 4 rings (SSSR count). The van der Waals surface area contributed by atoms with E-state index in [2.05, 4.69) is 15.0 Å². The third kappa shape index (κ3) is 4.00. The highest BCUT2D eigenvalue weighted by atomic mass is 35.5. The van der Waals surface area contributed by atoms with Gasteiger partial charge in [-0.15, -0.1) is 11.3 Å². The molecule has 0 aliphatic carbocycles. The van der Waals surface area contributed by atoms with E-state index in [0.29, 0.717) is 27.5 Å². The second-order valence-corrected chi connectivity index (χ2v) is 7.77. The first-order chi connectivity index (χ1) is 14.5. The molecule has 0 saturated heterocycles. The zero-order chi connectivity index (χ0) is 21.3. The standard InChI is InChI=1S/C20H16ClFN4O3S/c1-11-25-13(9-30-11)8-29-19-7-16-14(6-18(19)28-2)20(24-10-23-16)26(27)17-4-3-12(21)5-15(17)22/h3-7,9-10,27H,8H2,1-2H3. The normalized spacial score (nSPS) is 11.0. The van der Waals surface area contributed by atoms with Gasteiger partial charge in [0.2, 0.25) is 0 Å². The van der Waals surface area contributed by atoms with Crippen molar-refractivity contribution in [2.24, 2.45) is 0 Å². The number of methoxy groups -OCH3 is 1. The molecule has 0 amide bonds. The van der Waals surface area contributed by atoms with E-state index >= 15 is 0 Å². The highest BCUT2D eigenvalue weighted by molar-refractivity contribution is 7.09. The SMILES string of the molecule is COc1cc2c(N(O)c3ccc(Cl)cc3F)ncnc2cc1OCc1csc(C)n1. The van der Waals surface area contributed by atoms with E-state index in [9.17, 15) is 9.60 Å². The molecule has 154 valence electrons. The number of thiazole rings is 1. The third-order valence-electron chi connectivity index (χ3n) is 4.28. The number of hydrogen-bond acceptors (Lipinski definition) is 8. The molecular formula is C20H16ClFN4O3S. The number of hydrogen-bond donors (Lipinski definition) is 1. The first-order valence-corrected chi connectivity index (χ1v) is 10.0. The summed E-state index contributed by atoms with van der Waals surface area (Å²) in [6.07, 6.45) is 1.27. The highest BCUT2D eigenvalue weighted by Crippen LogP contribution is 2.37. The van der Waals surface area contributed by atoms with Crippen LogP contribution in [0.2, 0.25) is 5.02 Å². The lowest BCUT2D eigenvalue weighted by Gasteiger charge is -2.19. The highest BCUT2D eigenvalue weighted by Gasteiger charge is 2.19. The van der Waals surface area contributed by atoms with Crippen molar-refractivity contribution in [3.8, 4) is 11.5 Å². The van der Waals surface area contributed by atoms with Crippen molar-refractivity contribution in [2.45, 2.75) is 13.5 Å². The van der Waals surface area contributed by atoms with Crippen LogP contribution < -0.4 is 14.5 Å². The van der Waals surface area contributed by atoms with Crippen LogP contribution in [0.15, 0.2) is 42.0 Å². The number of fused-ring (bicyclic) bond motifs is 1. The molecule has 0 spiro atoms. The van der Waals surface area contributed by atoms with Gasteiger partial charge in [-0.1, -0.05) is 11.6 Å². The van der Waals surface area contributed by atoms with Gasteiger partial charge < -0.3 is 9.47 Å². The van der Waals surface area contributed by atoms with Crippen molar-refractivity contribution in [1.82, 2.24) is 15.0 Å². The molecule has 30 heavy (non-hydrogen) atoms. The summed E-state index contributed by atoms with van der Waals surface area (Å²) in [6, 6.07) is 7.24. The molecule has 7 nitrogen and oxygen atoms in total. The molecule has 0 aliphatic heterocycles. The molecule has 1 N–H and O–H groups in total. The van der Waals surface area contributed by atoms with Crippen LogP contribution in [-0.4, -0.2) is 27.3 Å². The summed E-state index contributed by atoms with van der Waals surface area (Å²) in [5.41, 5.74) is 1.19. The average molecular weight is 447 g/mol. The minimum Gasteiger partial charge on any atom is -0.493 e. The van der Waals surface area contributed by atoms with Crippen molar-refractivity contribution < 1.29 is 19.1 Å². The maximum atomic E-state index is 14.3. The Kier molecular flexibility index (Phi) is 5.67. The summed E-state index contributed by atoms with van der Waals surface area (Å²) in [6.45, 7) is 2.19. The summed E-state index contributed by atoms with van der Waals surface area (Å²) in [4.78, 5) is 12.7. The van der Waals surface area contributed by atoms with Gasteiger partial charge in [0, 0.05) is 21.9 Å². The topological polar surface area (TPSA) is 80.6 Å². The van der Waals surface area contributed by atoms with Crippen LogP contribution in [-0.2, 0) is 6.61 Å². The number of aryl methyl sites for hydroxylation is 1. The van der Waals surface area contributed by atoms with E-state index < -0.39 is 5.82 Å². The van der Waals surface area contributed by atoms with Crippen LogP contribution in [0.3, 0.4) is 0 Å². The van der Waals surface area contributed by atoms with Crippen LogP contribution >= 0.6 is 22.9 Å². The first-order valence-electron chi connectivity index (χ1n) is 8.77. The predicted molar refractivity (Wildman–Crippen MR) is 113 cm³/mol. The van der Waals surface area contributed by atoms with E-state index in [4.69, 9.17) is 21.1 Å². The lowest BCUT2D eigenvalue weighted by atomic mass is 10.2. The smallest absolute Gasteiger partial charge is 0.169 e. The molecule has 4 aromatic rings. The van der Waals surface area contributed by atoms with Crippen molar-refractivity contribution in [3.05, 3.63) is 63.6 Å². The van der Waals surface area contributed by atoms with Crippen LogP contribution in [0.25, 0.3) is 10.9 Å². The molecule has 0 radical (unpaired) electrons.